The molecule has 12 nitrogen and oxygen atoms in total. The minimum absolute atomic E-state index is 0.0217. The predicted octanol–water partition coefficient (Wildman–Crippen LogP) is 3.15. The van der Waals surface area contributed by atoms with E-state index in [0.29, 0.717) is 67.9 Å². The summed E-state index contributed by atoms with van der Waals surface area (Å²) in [5.74, 6) is 1.18. The van der Waals surface area contributed by atoms with Gasteiger partial charge in [-0.2, -0.15) is 10.2 Å². The number of hydrogen-bond donors (Lipinski definition) is 2. The number of morpholine rings is 1. The van der Waals surface area contributed by atoms with E-state index in [0.717, 1.165) is 43.9 Å². The molecule has 1 saturated carbocycles. The molecule has 6 rings (SSSR count). The number of carbonyl (C=O) groups is 2. The van der Waals surface area contributed by atoms with Crippen molar-refractivity contribution < 1.29 is 19.1 Å². The summed E-state index contributed by atoms with van der Waals surface area (Å²) in [4.78, 5) is 33.8. The van der Waals surface area contributed by atoms with Crippen LogP contribution in [0.2, 0.25) is 5.02 Å². The normalized spacial score (nSPS) is 25.5. The monoisotopic (exact) mass is 570 g/mol. The number of carbonyl (C=O) groups excluding carboxylic acids is 2. The average Bonchev–Trinajstić information content (AvgIpc) is 3.43. The molecule has 5 heterocycles. The molecule has 1 aliphatic carbocycles. The molecule has 1 saturated heterocycles. The van der Waals surface area contributed by atoms with Crippen molar-refractivity contribution in [3.8, 4) is 0 Å². The van der Waals surface area contributed by atoms with Crippen LogP contribution in [0, 0.1) is 5.92 Å². The molecule has 0 radical (unpaired) electrons. The highest BCUT2D eigenvalue weighted by molar-refractivity contribution is 6.35. The van der Waals surface area contributed by atoms with Crippen LogP contribution in [0.3, 0.4) is 0 Å². The van der Waals surface area contributed by atoms with Crippen LogP contribution >= 0.6 is 11.6 Å². The minimum Gasteiger partial charge on any atom is -0.435 e. The maximum absolute atomic E-state index is 12.9. The Kier molecular flexibility index (Phi) is 7.54. The van der Waals surface area contributed by atoms with Crippen molar-refractivity contribution in [3.63, 3.8) is 0 Å². The highest BCUT2D eigenvalue weighted by Gasteiger charge is 2.47. The van der Waals surface area contributed by atoms with Crippen molar-refractivity contribution in [3.05, 3.63) is 40.8 Å². The third kappa shape index (κ3) is 5.46. The number of hydrazone groups is 1. The number of halogens is 1. The van der Waals surface area contributed by atoms with Crippen molar-refractivity contribution in [1.82, 2.24) is 30.4 Å². The lowest BCUT2D eigenvalue weighted by molar-refractivity contribution is 0.0155. The van der Waals surface area contributed by atoms with Gasteiger partial charge < -0.3 is 24.6 Å². The Labute approximate surface area is 238 Å². The van der Waals surface area contributed by atoms with Gasteiger partial charge >= 0.3 is 12.1 Å². The number of nitrogens with zero attached hydrogens (tertiary/aromatic N) is 6. The van der Waals surface area contributed by atoms with Crippen molar-refractivity contribution in [2.45, 2.75) is 63.8 Å². The summed E-state index contributed by atoms with van der Waals surface area (Å²) in [5, 5.41) is 12.4. The Morgan fingerprint density at radius 2 is 2.05 bits per heavy atom. The maximum Gasteiger partial charge on any atom is 0.428 e. The second-order valence-electron chi connectivity index (χ2n) is 11.1. The molecule has 0 aromatic carbocycles. The minimum atomic E-state index is -0.853. The van der Waals surface area contributed by atoms with E-state index < -0.39 is 11.7 Å². The fourth-order valence-corrected chi connectivity index (χ4v) is 6.49. The van der Waals surface area contributed by atoms with Crippen LogP contribution in [-0.2, 0) is 22.6 Å². The fraction of sp³-hybridized carbons (Fsp3) is 0.593. The van der Waals surface area contributed by atoms with Crippen molar-refractivity contribution >= 4 is 35.3 Å². The topological polar surface area (TPSA) is 126 Å². The molecule has 2 aromatic heterocycles. The molecule has 2 aromatic rings. The molecule has 4 aliphatic rings. The van der Waals surface area contributed by atoms with Gasteiger partial charge in [0.1, 0.15) is 11.5 Å². The maximum atomic E-state index is 12.9. The molecule has 3 amide bonds. The number of fused-ring (bicyclic) bond motifs is 1. The fourth-order valence-electron chi connectivity index (χ4n) is 6.26. The van der Waals surface area contributed by atoms with Gasteiger partial charge in [-0.1, -0.05) is 11.6 Å². The van der Waals surface area contributed by atoms with Gasteiger partial charge in [-0.05, 0) is 57.1 Å². The van der Waals surface area contributed by atoms with Gasteiger partial charge in [0.05, 0.1) is 37.0 Å². The second kappa shape index (κ2) is 11.2. The summed E-state index contributed by atoms with van der Waals surface area (Å²) in [7, 11) is 0. The van der Waals surface area contributed by atoms with E-state index in [9.17, 15) is 9.59 Å². The number of pyridine rings is 1. The van der Waals surface area contributed by atoms with Gasteiger partial charge in [0.15, 0.2) is 5.60 Å². The molecule has 1 atom stereocenters. The Morgan fingerprint density at radius 3 is 2.83 bits per heavy atom. The van der Waals surface area contributed by atoms with E-state index in [1.165, 1.54) is 0 Å². The van der Waals surface area contributed by atoms with Crippen LogP contribution in [0.5, 0.6) is 0 Å². The summed E-state index contributed by atoms with van der Waals surface area (Å²) in [6, 6.07) is 3.78. The number of urea groups is 1. The van der Waals surface area contributed by atoms with Gasteiger partial charge in [-0.25, -0.2) is 20.0 Å². The second-order valence-corrected chi connectivity index (χ2v) is 11.5. The number of hydrogen-bond acceptors (Lipinski definition) is 8. The molecule has 3 aliphatic heterocycles. The summed E-state index contributed by atoms with van der Waals surface area (Å²) in [5.41, 5.74) is 3.94. The Balaban J connectivity index is 1.07. The zero-order valence-electron chi connectivity index (χ0n) is 22.6. The number of rotatable bonds is 5. The third-order valence-electron chi connectivity index (χ3n) is 8.40. The quantitative estimate of drug-likeness (QED) is 0.565. The van der Waals surface area contributed by atoms with Gasteiger partial charge in [-0.15, -0.1) is 0 Å². The third-order valence-corrected chi connectivity index (χ3v) is 8.72. The van der Waals surface area contributed by atoms with E-state index in [-0.39, 0.29) is 12.1 Å². The van der Waals surface area contributed by atoms with Crippen LogP contribution in [0.15, 0.2) is 29.6 Å². The number of aromatic nitrogens is 3. The average molecular weight is 571 g/mol. The molecular weight excluding hydrogens is 536 g/mol. The first-order chi connectivity index (χ1) is 19.4. The van der Waals surface area contributed by atoms with Crippen LogP contribution in [0.4, 0.5) is 15.4 Å². The lowest BCUT2D eigenvalue weighted by atomic mass is 9.73. The summed E-state index contributed by atoms with van der Waals surface area (Å²) in [6.07, 6.45) is 6.73. The number of ether oxygens (including phenoxy) is 2. The molecule has 1 spiro atoms. The summed E-state index contributed by atoms with van der Waals surface area (Å²) < 4.78 is 13.3. The van der Waals surface area contributed by atoms with Crippen molar-refractivity contribution in [2.75, 3.05) is 37.7 Å². The van der Waals surface area contributed by atoms with Crippen LogP contribution in [-0.4, -0.2) is 82.0 Å². The largest absolute Gasteiger partial charge is 0.435 e. The smallest absolute Gasteiger partial charge is 0.428 e. The lowest BCUT2D eigenvalue weighted by Gasteiger charge is -2.42. The van der Waals surface area contributed by atoms with E-state index in [2.05, 4.69) is 37.8 Å². The van der Waals surface area contributed by atoms with Gasteiger partial charge in [0.25, 0.3) is 0 Å². The predicted molar refractivity (Wildman–Crippen MR) is 148 cm³/mol. The first-order valence-electron chi connectivity index (χ1n) is 14.0. The molecule has 2 N–H and O–H groups in total. The Bertz CT molecular complexity index is 1290. The van der Waals surface area contributed by atoms with Gasteiger partial charge in [-0.3, -0.25) is 4.68 Å². The molecule has 214 valence electrons. The SMILES string of the molecule is C[C@@H](CC1CCC2(CC1)OC(=O)NN=C2c1cnc(N2CCOCC2)cc1Cl)NC(=O)N1CCn2nccc2C1. The van der Waals surface area contributed by atoms with Crippen molar-refractivity contribution in [1.29, 1.82) is 0 Å². The summed E-state index contributed by atoms with van der Waals surface area (Å²) >= 11 is 6.76. The van der Waals surface area contributed by atoms with Crippen LogP contribution < -0.4 is 15.6 Å². The molecular formula is C27H35ClN8O4. The lowest BCUT2D eigenvalue weighted by Crippen LogP contribution is -2.53. The highest BCUT2D eigenvalue weighted by atomic mass is 35.5. The molecule has 2 fully saturated rings. The van der Waals surface area contributed by atoms with Crippen LogP contribution in [0.25, 0.3) is 0 Å². The van der Waals surface area contributed by atoms with Gasteiger partial charge in [0, 0.05) is 43.6 Å². The molecule has 13 heteroatoms. The van der Waals surface area contributed by atoms with E-state index in [1.54, 1.807) is 12.4 Å². The molecule has 0 bridgehead atoms. The van der Waals surface area contributed by atoms with Crippen LogP contribution in [0.1, 0.15) is 50.3 Å². The zero-order valence-corrected chi connectivity index (χ0v) is 23.4. The first kappa shape index (κ1) is 26.8. The number of amides is 3. The molecule has 0 unspecified atom stereocenters. The van der Waals surface area contributed by atoms with Gasteiger partial charge in [0.2, 0.25) is 0 Å². The van der Waals surface area contributed by atoms with E-state index in [4.69, 9.17) is 21.1 Å². The van der Waals surface area contributed by atoms with Crippen molar-refractivity contribution in [2.24, 2.45) is 11.0 Å². The number of anilines is 1. The standard InChI is InChI=1S/C27H35ClN8O4/c1-18(31-25(37)35-8-9-36-20(17-35)4-7-30-36)14-19-2-5-27(6-3-19)24(32-33-26(38)40-27)21-16-29-23(15-22(21)28)34-10-12-39-13-11-34/h4,7,15-16,18-19H,2-3,5-6,8-14,17H2,1H3,(H,31,37)(H,33,38)/t18-,19?,27?/m0/s1. The zero-order chi connectivity index (χ0) is 27.7. The summed E-state index contributed by atoms with van der Waals surface area (Å²) in [6.45, 7) is 6.81. The Hall–Kier alpha value is -3.38. The first-order valence-corrected chi connectivity index (χ1v) is 14.4. The number of nitrogens with one attached hydrogen (secondary N) is 2. The van der Waals surface area contributed by atoms with E-state index in [1.807, 2.05) is 21.7 Å². The highest BCUT2D eigenvalue weighted by Crippen LogP contribution is 2.41. The van der Waals surface area contributed by atoms with E-state index >= 15 is 0 Å². The molecule has 40 heavy (non-hydrogen) atoms. The Morgan fingerprint density at radius 1 is 1.25 bits per heavy atom.